The molecule has 0 bridgehead atoms. The van der Waals surface area contributed by atoms with E-state index in [4.69, 9.17) is 10.5 Å². The molecule has 0 amide bonds. The Hall–Kier alpha value is -0.330. The van der Waals surface area contributed by atoms with Crippen LogP contribution in [0.3, 0.4) is 0 Å². The predicted octanol–water partition coefficient (Wildman–Crippen LogP) is 2.79. The molecule has 2 rings (SSSR count). The molecule has 0 aromatic carbocycles. The molecule has 1 heterocycles. The molecule has 3 nitrogen and oxygen atoms in total. The number of alkyl halides is 3. The summed E-state index contributed by atoms with van der Waals surface area (Å²) in [5.74, 6) is -0.658. The molecule has 2 unspecified atom stereocenters. The lowest BCUT2D eigenvalue weighted by atomic mass is 9.73. The fourth-order valence-electron chi connectivity index (χ4n) is 4.03. The van der Waals surface area contributed by atoms with Gasteiger partial charge in [0, 0.05) is 25.8 Å². The molecule has 2 aliphatic rings. The number of hydrogen-bond donors (Lipinski definition) is 1. The van der Waals surface area contributed by atoms with Gasteiger partial charge in [0.25, 0.3) is 0 Å². The van der Waals surface area contributed by atoms with Gasteiger partial charge in [-0.25, -0.2) is 0 Å². The smallest absolute Gasteiger partial charge is 0.384 e. The van der Waals surface area contributed by atoms with Crippen LogP contribution < -0.4 is 5.73 Å². The Balaban J connectivity index is 2.01. The molecular weight excluding hydrogens is 281 g/mol. The van der Waals surface area contributed by atoms with Crippen molar-refractivity contribution >= 4 is 0 Å². The van der Waals surface area contributed by atoms with E-state index in [9.17, 15) is 13.2 Å². The second kappa shape index (κ2) is 6.84. The van der Waals surface area contributed by atoms with Gasteiger partial charge in [0.15, 0.2) is 0 Å². The zero-order chi connectivity index (χ0) is 15.5. The minimum Gasteiger partial charge on any atom is -0.384 e. The van der Waals surface area contributed by atoms with Gasteiger partial charge in [0.1, 0.15) is 0 Å². The molecule has 0 radical (unpaired) electrons. The molecular formula is C15H27F3N2O. The van der Waals surface area contributed by atoms with E-state index in [2.05, 4.69) is 4.90 Å². The number of rotatable bonds is 4. The standard InChI is InChI=1S/C15H27F3N2O/c1-21-10-12-4-7-20(8-5-12)14(11-19)6-2-3-13(9-14)15(16,17)18/h12-13H,2-11,19H2,1H3. The van der Waals surface area contributed by atoms with Crippen molar-refractivity contribution in [1.29, 1.82) is 0 Å². The van der Waals surface area contributed by atoms with Crippen LogP contribution in [0.4, 0.5) is 13.2 Å². The molecule has 1 aliphatic carbocycles. The van der Waals surface area contributed by atoms with E-state index in [1.165, 1.54) is 0 Å². The first-order chi connectivity index (χ1) is 9.91. The summed E-state index contributed by atoms with van der Waals surface area (Å²) in [5.41, 5.74) is 5.49. The van der Waals surface area contributed by atoms with E-state index in [0.717, 1.165) is 39.0 Å². The average molecular weight is 308 g/mol. The summed E-state index contributed by atoms with van der Waals surface area (Å²) >= 11 is 0. The summed E-state index contributed by atoms with van der Waals surface area (Å²) in [5, 5.41) is 0. The van der Waals surface area contributed by atoms with Crippen LogP contribution >= 0.6 is 0 Å². The lowest BCUT2D eigenvalue weighted by Gasteiger charge is -2.50. The Morgan fingerprint density at radius 2 is 1.90 bits per heavy atom. The van der Waals surface area contributed by atoms with E-state index < -0.39 is 17.6 Å². The van der Waals surface area contributed by atoms with Crippen molar-refractivity contribution in [2.24, 2.45) is 17.6 Å². The first-order valence-corrected chi connectivity index (χ1v) is 7.92. The first-order valence-electron chi connectivity index (χ1n) is 7.92. The zero-order valence-corrected chi connectivity index (χ0v) is 12.8. The maximum Gasteiger partial charge on any atom is 0.391 e. The second-order valence-electron chi connectivity index (χ2n) is 6.65. The van der Waals surface area contributed by atoms with Crippen LogP contribution in [0.15, 0.2) is 0 Å². The summed E-state index contributed by atoms with van der Waals surface area (Å²) in [6.07, 6.45) is -0.258. The van der Waals surface area contributed by atoms with E-state index in [-0.39, 0.29) is 12.8 Å². The summed E-state index contributed by atoms with van der Waals surface area (Å²) in [7, 11) is 1.70. The van der Waals surface area contributed by atoms with Crippen LogP contribution in [0.5, 0.6) is 0 Å². The fraction of sp³-hybridized carbons (Fsp3) is 1.00. The normalized spacial score (nSPS) is 33.3. The van der Waals surface area contributed by atoms with Crippen molar-refractivity contribution in [3.63, 3.8) is 0 Å². The quantitative estimate of drug-likeness (QED) is 0.868. The molecule has 2 N–H and O–H groups in total. The van der Waals surface area contributed by atoms with Crippen molar-refractivity contribution in [3.05, 3.63) is 0 Å². The van der Waals surface area contributed by atoms with Gasteiger partial charge in [-0.2, -0.15) is 13.2 Å². The minimum absolute atomic E-state index is 0.169. The molecule has 1 saturated carbocycles. The summed E-state index contributed by atoms with van der Waals surface area (Å²) in [6.45, 7) is 2.76. The number of methoxy groups -OCH3 is 1. The minimum atomic E-state index is -4.09. The van der Waals surface area contributed by atoms with E-state index in [1.807, 2.05) is 0 Å². The summed E-state index contributed by atoms with van der Waals surface area (Å²) < 4.78 is 44.4. The van der Waals surface area contributed by atoms with E-state index in [1.54, 1.807) is 7.11 Å². The fourth-order valence-corrected chi connectivity index (χ4v) is 4.03. The number of likely N-dealkylation sites (tertiary alicyclic amines) is 1. The van der Waals surface area contributed by atoms with Crippen LogP contribution in [0.2, 0.25) is 0 Å². The molecule has 1 saturated heterocycles. The van der Waals surface area contributed by atoms with Crippen LogP contribution in [0.1, 0.15) is 38.5 Å². The third kappa shape index (κ3) is 3.90. The maximum atomic E-state index is 13.1. The van der Waals surface area contributed by atoms with E-state index in [0.29, 0.717) is 18.9 Å². The average Bonchev–Trinajstić information content (AvgIpc) is 2.47. The predicted molar refractivity (Wildman–Crippen MR) is 76.0 cm³/mol. The highest BCUT2D eigenvalue weighted by atomic mass is 19.4. The van der Waals surface area contributed by atoms with E-state index >= 15 is 0 Å². The molecule has 124 valence electrons. The second-order valence-corrected chi connectivity index (χ2v) is 6.65. The molecule has 2 atom stereocenters. The lowest BCUT2D eigenvalue weighted by molar-refractivity contribution is -0.194. The number of hydrogen-bond acceptors (Lipinski definition) is 3. The molecule has 6 heteroatoms. The highest BCUT2D eigenvalue weighted by molar-refractivity contribution is 4.99. The molecule has 2 fully saturated rings. The third-order valence-electron chi connectivity index (χ3n) is 5.35. The molecule has 0 spiro atoms. The van der Waals surface area contributed by atoms with Gasteiger partial charge < -0.3 is 10.5 Å². The Bertz CT molecular complexity index is 329. The third-order valence-corrected chi connectivity index (χ3v) is 5.35. The highest BCUT2D eigenvalue weighted by Gasteiger charge is 2.49. The van der Waals surface area contributed by atoms with Crippen molar-refractivity contribution in [2.45, 2.75) is 50.2 Å². The van der Waals surface area contributed by atoms with Crippen molar-refractivity contribution < 1.29 is 17.9 Å². The SMILES string of the molecule is COCC1CCN(C2(CN)CCCC(C(F)(F)F)C2)CC1. The molecule has 0 aromatic rings. The Kier molecular flexibility index (Phi) is 5.54. The first kappa shape index (κ1) is 17.0. The monoisotopic (exact) mass is 308 g/mol. The van der Waals surface area contributed by atoms with Crippen molar-refractivity contribution in [3.8, 4) is 0 Å². The molecule has 21 heavy (non-hydrogen) atoms. The van der Waals surface area contributed by atoms with Gasteiger partial charge in [0.05, 0.1) is 5.92 Å². The van der Waals surface area contributed by atoms with Gasteiger partial charge in [-0.1, -0.05) is 6.42 Å². The Labute approximate surface area is 125 Å². The van der Waals surface area contributed by atoms with Crippen molar-refractivity contribution in [2.75, 3.05) is 33.4 Å². The zero-order valence-electron chi connectivity index (χ0n) is 12.8. The Morgan fingerprint density at radius 3 is 2.43 bits per heavy atom. The lowest BCUT2D eigenvalue weighted by Crippen LogP contribution is -2.59. The van der Waals surface area contributed by atoms with Gasteiger partial charge in [0.2, 0.25) is 0 Å². The van der Waals surface area contributed by atoms with Crippen LogP contribution in [0, 0.1) is 11.8 Å². The van der Waals surface area contributed by atoms with Gasteiger partial charge in [-0.05, 0) is 51.1 Å². The van der Waals surface area contributed by atoms with Crippen molar-refractivity contribution in [1.82, 2.24) is 4.90 Å². The van der Waals surface area contributed by atoms with Crippen LogP contribution in [-0.4, -0.2) is 50.0 Å². The number of nitrogens with two attached hydrogens (primary N) is 1. The maximum absolute atomic E-state index is 13.1. The number of nitrogens with zero attached hydrogens (tertiary/aromatic N) is 1. The van der Waals surface area contributed by atoms with Gasteiger partial charge in [-0.15, -0.1) is 0 Å². The van der Waals surface area contributed by atoms with Crippen LogP contribution in [0.25, 0.3) is 0 Å². The van der Waals surface area contributed by atoms with Gasteiger partial charge >= 0.3 is 6.18 Å². The molecule has 1 aliphatic heterocycles. The largest absolute Gasteiger partial charge is 0.391 e. The number of piperidine rings is 1. The summed E-state index contributed by atoms with van der Waals surface area (Å²) in [6, 6.07) is 0. The van der Waals surface area contributed by atoms with Crippen LogP contribution in [-0.2, 0) is 4.74 Å². The number of halogens is 3. The summed E-state index contributed by atoms with van der Waals surface area (Å²) in [4.78, 5) is 2.23. The number of ether oxygens (including phenoxy) is 1. The Morgan fingerprint density at radius 1 is 1.24 bits per heavy atom. The topological polar surface area (TPSA) is 38.5 Å². The van der Waals surface area contributed by atoms with Gasteiger partial charge in [-0.3, -0.25) is 4.90 Å². The molecule has 0 aromatic heterocycles. The highest BCUT2D eigenvalue weighted by Crippen LogP contribution is 2.44.